The third kappa shape index (κ3) is 4.91. The van der Waals surface area contributed by atoms with Crippen LogP contribution in [0.1, 0.15) is 11.1 Å². The van der Waals surface area contributed by atoms with E-state index < -0.39 is 6.10 Å². The van der Waals surface area contributed by atoms with Crippen LogP contribution in [-0.2, 0) is 13.2 Å². The molecule has 3 aromatic rings. The first-order chi connectivity index (χ1) is 13.8. The van der Waals surface area contributed by atoms with Crippen molar-refractivity contribution in [2.45, 2.75) is 25.4 Å². The highest BCUT2D eigenvalue weighted by molar-refractivity contribution is 5.32. The lowest BCUT2D eigenvalue weighted by Gasteiger charge is -2.17. The Morgan fingerprint density at radius 2 is 1.36 bits per heavy atom. The second-order valence-electron chi connectivity index (χ2n) is 7.15. The van der Waals surface area contributed by atoms with Crippen LogP contribution in [0.4, 0.5) is 0 Å². The standard InChI is InChI=1S/C24H25NO3/c26-23-16-25(15-19-7-3-1-4-8-19)17-24(23)28-22-13-11-21(12-14-22)27-18-20-9-5-2-6-10-20/h1-14,23-24,26H,15-18H2/t23-,24-/m0/s1. The Bertz CT molecular complexity index is 852. The number of ether oxygens (including phenoxy) is 2. The number of β-amino-alcohol motifs (C(OH)–C–C–N with tert-alkyl or cyclic N) is 1. The Morgan fingerprint density at radius 3 is 2.04 bits per heavy atom. The summed E-state index contributed by atoms with van der Waals surface area (Å²) in [6.45, 7) is 2.70. The topological polar surface area (TPSA) is 41.9 Å². The van der Waals surface area contributed by atoms with Crippen molar-refractivity contribution >= 4 is 0 Å². The number of hydrogen-bond acceptors (Lipinski definition) is 4. The minimum absolute atomic E-state index is 0.222. The van der Waals surface area contributed by atoms with E-state index in [-0.39, 0.29) is 6.10 Å². The first kappa shape index (κ1) is 18.5. The van der Waals surface area contributed by atoms with E-state index >= 15 is 0 Å². The molecule has 1 N–H and O–H groups in total. The number of nitrogens with zero attached hydrogens (tertiary/aromatic N) is 1. The largest absolute Gasteiger partial charge is 0.489 e. The van der Waals surface area contributed by atoms with Crippen molar-refractivity contribution in [3.05, 3.63) is 96.1 Å². The zero-order valence-corrected chi connectivity index (χ0v) is 15.8. The van der Waals surface area contributed by atoms with Gasteiger partial charge in [-0.05, 0) is 35.4 Å². The highest BCUT2D eigenvalue weighted by atomic mass is 16.5. The van der Waals surface area contributed by atoms with Gasteiger partial charge in [-0.25, -0.2) is 0 Å². The van der Waals surface area contributed by atoms with Crippen molar-refractivity contribution in [1.29, 1.82) is 0 Å². The highest BCUT2D eigenvalue weighted by Crippen LogP contribution is 2.23. The van der Waals surface area contributed by atoms with Crippen LogP contribution in [-0.4, -0.2) is 35.3 Å². The SMILES string of the molecule is O[C@H]1CN(Cc2ccccc2)C[C@@H]1Oc1ccc(OCc2ccccc2)cc1. The summed E-state index contributed by atoms with van der Waals surface area (Å²) in [6, 6.07) is 28.0. The number of hydrogen-bond donors (Lipinski definition) is 1. The molecular weight excluding hydrogens is 350 g/mol. The lowest BCUT2D eigenvalue weighted by Crippen LogP contribution is -2.29. The van der Waals surface area contributed by atoms with E-state index in [1.54, 1.807) is 0 Å². The van der Waals surface area contributed by atoms with Gasteiger partial charge in [0, 0.05) is 19.6 Å². The number of benzene rings is 3. The monoisotopic (exact) mass is 375 g/mol. The zero-order chi connectivity index (χ0) is 19.2. The molecule has 4 rings (SSSR count). The Labute approximate surface area is 166 Å². The molecule has 1 heterocycles. The molecule has 0 radical (unpaired) electrons. The second-order valence-corrected chi connectivity index (χ2v) is 7.15. The Hall–Kier alpha value is -2.82. The van der Waals surface area contributed by atoms with Crippen LogP contribution in [0.15, 0.2) is 84.9 Å². The predicted octanol–water partition coefficient (Wildman–Crippen LogP) is 3.89. The maximum atomic E-state index is 10.4. The lowest BCUT2D eigenvalue weighted by molar-refractivity contribution is 0.0736. The van der Waals surface area contributed by atoms with Gasteiger partial charge in [-0.1, -0.05) is 60.7 Å². The third-order valence-corrected chi connectivity index (χ3v) is 4.92. The van der Waals surface area contributed by atoms with Crippen molar-refractivity contribution in [2.75, 3.05) is 13.1 Å². The normalized spacial score (nSPS) is 19.5. The van der Waals surface area contributed by atoms with Crippen molar-refractivity contribution in [1.82, 2.24) is 4.90 Å². The second kappa shape index (κ2) is 8.91. The maximum absolute atomic E-state index is 10.4. The van der Waals surface area contributed by atoms with E-state index in [0.717, 1.165) is 23.6 Å². The summed E-state index contributed by atoms with van der Waals surface area (Å²) in [5.41, 5.74) is 2.38. The summed E-state index contributed by atoms with van der Waals surface area (Å²) in [7, 11) is 0. The Balaban J connectivity index is 1.29. The van der Waals surface area contributed by atoms with Crippen LogP contribution in [0.5, 0.6) is 11.5 Å². The van der Waals surface area contributed by atoms with Crippen LogP contribution in [0, 0.1) is 0 Å². The van der Waals surface area contributed by atoms with Gasteiger partial charge < -0.3 is 14.6 Å². The van der Waals surface area contributed by atoms with Crippen LogP contribution in [0.25, 0.3) is 0 Å². The Morgan fingerprint density at radius 1 is 0.750 bits per heavy atom. The molecule has 0 saturated carbocycles. The molecule has 1 fully saturated rings. The molecule has 0 aromatic heterocycles. The fourth-order valence-corrected chi connectivity index (χ4v) is 3.45. The highest BCUT2D eigenvalue weighted by Gasteiger charge is 2.32. The summed E-state index contributed by atoms with van der Waals surface area (Å²) in [5.74, 6) is 1.55. The van der Waals surface area contributed by atoms with E-state index in [0.29, 0.717) is 19.7 Å². The van der Waals surface area contributed by atoms with E-state index in [2.05, 4.69) is 17.0 Å². The van der Waals surface area contributed by atoms with Gasteiger partial charge in [-0.3, -0.25) is 4.90 Å². The van der Waals surface area contributed by atoms with E-state index in [4.69, 9.17) is 9.47 Å². The van der Waals surface area contributed by atoms with Crippen molar-refractivity contribution in [2.24, 2.45) is 0 Å². The molecule has 28 heavy (non-hydrogen) atoms. The van der Waals surface area contributed by atoms with Gasteiger partial charge in [-0.15, -0.1) is 0 Å². The van der Waals surface area contributed by atoms with Gasteiger partial charge in [0.2, 0.25) is 0 Å². The molecule has 1 aliphatic rings. The predicted molar refractivity (Wildman–Crippen MR) is 109 cm³/mol. The summed E-state index contributed by atoms with van der Waals surface area (Å²) >= 11 is 0. The quantitative estimate of drug-likeness (QED) is 0.680. The number of aliphatic hydroxyl groups excluding tert-OH is 1. The van der Waals surface area contributed by atoms with Gasteiger partial charge in [0.15, 0.2) is 0 Å². The lowest BCUT2D eigenvalue weighted by atomic mass is 10.2. The molecule has 0 aliphatic carbocycles. The number of rotatable bonds is 7. The molecule has 1 saturated heterocycles. The van der Waals surface area contributed by atoms with E-state index in [1.165, 1.54) is 5.56 Å². The van der Waals surface area contributed by atoms with Gasteiger partial charge in [0.1, 0.15) is 30.3 Å². The smallest absolute Gasteiger partial charge is 0.138 e. The van der Waals surface area contributed by atoms with Crippen molar-refractivity contribution in [3.63, 3.8) is 0 Å². The van der Waals surface area contributed by atoms with Gasteiger partial charge in [0.05, 0.1) is 0 Å². The molecule has 144 valence electrons. The van der Waals surface area contributed by atoms with Gasteiger partial charge >= 0.3 is 0 Å². The van der Waals surface area contributed by atoms with Crippen molar-refractivity contribution in [3.8, 4) is 11.5 Å². The molecule has 4 nitrogen and oxygen atoms in total. The fraction of sp³-hybridized carbons (Fsp3) is 0.250. The summed E-state index contributed by atoms with van der Waals surface area (Å²) < 4.78 is 11.8. The molecule has 0 amide bonds. The minimum atomic E-state index is -0.488. The molecule has 0 spiro atoms. The average Bonchev–Trinajstić information content (AvgIpc) is 3.07. The van der Waals surface area contributed by atoms with Gasteiger partial charge in [0.25, 0.3) is 0 Å². The van der Waals surface area contributed by atoms with Crippen LogP contribution in [0.3, 0.4) is 0 Å². The number of likely N-dealkylation sites (tertiary alicyclic amines) is 1. The first-order valence-electron chi connectivity index (χ1n) is 9.64. The minimum Gasteiger partial charge on any atom is -0.489 e. The third-order valence-electron chi connectivity index (χ3n) is 4.92. The number of aliphatic hydroxyl groups is 1. The molecular formula is C24H25NO3. The molecule has 0 unspecified atom stereocenters. The Kier molecular flexibility index (Phi) is 5.90. The van der Waals surface area contributed by atoms with Crippen LogP contribution < -0.4 is 9.47 Å². The van der Waals surface area contributed by atoms with E-state index in [9.17, 15) is 5.11 Å². The molecule has 3 aromatic carbocycles. The summed E-state index contributed by atoms with van der Waals surface area (Å²) in [5, 5.41) is 10.4. The summed E-state index contributed by atoms with van der Waals surface area (Å²) in [6.07, 6.45) is -0.711. The summed E-state index contributed by atoms with van der Waals surface area (Å²) in [4.78, 5) is 2.22. The van der Waals surface area contributed by atoms with Crippen LogP contribution >= 0.6 is 0 Å². The first-order valence-corrected chi connectivity index (χ1v) is 9.64. The molecule has 0 bridgehead atoms. The van der Waals surface area contributed by atoms with E-state index in [1.807, 2.05) is 72.8 Å². The average molecular weight is 375 g/mol. The zero-order valence-electron chi connectivity index (χ0n) is 15.8. The van der Waals surface area contributed by atoms with Gasteiger partial charge in [-0.2, -0.15) is 0 Å². The molecule has 2 atom stereocenters. The molecule has 1 aliphatic heterocycles. The fourth-order valence-electron chi connectivity index (χ4n) is 3.45. The van der Waals surface area contributed by atoms with Crippen LogP contribution in [0.2, 0.25) is 0 Å². The van der Waals surface area contributed by atoms with Crippen molar-refractivity contribution < 1.29 is 14.6 Å². The maximum Gasteiger partial charge on any atom is 0.138 e. The molecule has 4 heteroatoms.